The van der Waals surface area contributed by atoms with E-state index in [1.54, 1.807) is 27.7 Å². The number of carbonyl (C=O) groups excluding carboxylic acids is 1. The molecule has 12 nitrogen and oxygen atoms in total. The molecule has 0 saturated carbocycles. The molecule has 12 heteroatoms. The molecule has 0 aromatic heterocycles. The van der Waals surface area contributed by atoms with Crippen LogP contribution in [0.25, 0.3) is 0 Å². The topological polar surface area (TPSA) is 191 Å². The molecule has 0 unspecified atom stereocenters. The molecule has 0 bridgehead atoms. The predicted octanol–water partition coefficient (Wildman–Crippen LogP) is 1.47. The fraction of sp³-hybridized carbons (Fsp3) is 0.632. The first-order valence-corrected chi connectivity index (χ1v) is 17.4. The van der Waals surface area contributed by atoms with Crippen molar-refractivity contribution in [1.82, 2.24) is 9.80 Å². The smallest absolute Gasteiger partial charge is 0.311 e. The van der Waals surface area contributed by atoms with E-state index < -0.39 is 59.5 Å². The number of aliphatic hydroxyl groups excluding tert-OH is 6. The van der Waals surface area contributed by atoms with Gasteiger partial charge in [0.2, 0.25) is 0 Å². The lowest BCUT2D eigenvalue weighted by Crippen LogP contribution is -2.62. The molecule has 2 aromatic rings. The largest absolute Gasteiger partial charge is 0.481 e. The van der Waals surface area contributed by atoms with E-state index in [-0.39, 0.29) is 25.1 Å². The van der Waals surface area contributed by atoms with Crippen molar-refractivity contribution < 1.29 is 50.1 Å². The number of benzene rings is 2. The number of carbonyl (C=O) groups is 2. The molecule has 4 rings (SSSR count). The molecule has 2 saturated heterocycles. The molecule has 0 aliphatic carbocycles. The summed E-state index contributed by atoms with van der Waals surface area (Å²) in [4.78, 5) is 27.3. The Morgan fingerprint density at radius 3 is 1.52 bits per heavy atom. The Kier molecular flexibility index (Phi) is 15.4. The summed E-state index contributed by atoms with van der Waals surface area (Å²) in [5.41, 5.74) is 0.616. The van der Waals surface area contributed by atoms with E-state index in [0.29, 0.717) is 32.4 Å². The average Bonchev–Trinajstić information content (AvgIpc) is 3.09. The van der Waals surface area contributed by atoms with E-state index in [4.69, 9.17) is 4.74 Å². The van der Waals surface area contributed by atoms with Crippen molar-refractivity contribution in [1.29, 1.82) is 0 Å². The summed E-state index contributed by atoms with van der Waals surface area (Å²) in [5.74, 6) is -1.24. The Hall–Kier alpha value is -2.94. The molecular formula is C38H58N2O10. The number of methoxy groups -OCH3 is 1. The van der Waals surface area contributed by atoms with Crippen LogP contribution in [0.5, 0.6) is 0 Å². The van der Waals surface area contributed by atoms with Crippen LogP contribution in [0, 0.1) is 10.8 Å². The number of esters is 1. The van der Waals surface area contributed by atoms with Crippen molar-refractivity contribution in [3.05, 3.63) is 71.8 Å². The molecule has 2 aliphatic heterocycles. The minimum absolute atomic E-state index is 0.257. The maximum Gasteiger partial charge on any atom is 0.311 e. The summed E-state index contributed by atoms with van der Waals surface area (Å²) in [7, 11) is 1.34. The van der Waals surface area contributed by atoms with E-state index in [1.165, 1.54) is 7.11 Å². The highest BCUT2D eigenvalue weighted by Crippen LogP contribution is 2.32. The van der Waals surface area contributed by atoms with E-state index >= 15 is 0 Å². The van der Waals surface area contributed by atoms with Crippen LogP contribution < -0.4 is 0 Å². The highest BCUT2D eigenvalue weighted by atomic mass is 16.5. The normalized spacial score (nSPS) is 28.0. The van der Waals surface area contributed by atoms with E-state index in [0.717, 1.165) is 24.0 Å². The van der Waals surface area contributed by atoms with E-state index in [1.807, 2.05) is 70.5 Å². The van der Waals surface area contributed by atoms with Gasteiger partial charge in [-0.05, 0) is 70.9 Å². The third kappa shape index (κ3) is 11.3. The number of carboxylic acids is 1. The van der Waals surface area contributed by atoms with E-state index in [2.05, 4.69) is 0 Å². The van der Waals surface area contributed by atoms with Crippen molar-refractivity contribution >= 4 is 11.9 Å². The first kappa shape index (κ1) is 41.5. The zero-order chi connectivity index (χ0) is 37.2. The second kappa shape index (κ2) is 18.5. The third-order valence-electron chi connectivity index (χ3n) is 10.2. The second-order valence-electron chi connectivity index (χ2n) is 15.0. The van der Waals surface area contributed by atoms with Crippen LogP contribution in [0.3, 0.4) is 0 Å². The summed E-state index contributed by atoms with van der Waals surface area (Å²) in [6.45, 7) is 8.61. The lowest BCUT2D eigenvalue weighted by Gasteiger charge is -2.46. The van der Waals surface area contributed by atoms with Gasteiger partial charge in [0.05, 0.1) is 42.4 Å². The Morgan fingerprint density at radius 2 is 1.10 bits per heavy atom. The Bertz CT molecular complexity index is 1330. The molecule has 8 atom stereocenters. The van der Waals surface area contributed by atoms with Crippen molar-refractivity contribution in [3.63, 3.8) is 0 Å². The number of β-amino-alcohol motifs (C(OH)–C–C–N with tert-alkyl or cyclic N) is 2. The molecule has 280 valence electrons. The summed E-state index contributed by atoms with van der Waals surface area (Å²) < 4.78 is 4.85. The highest BCUT2D eigenvalue weighted by Gasteiger charge is 2.45. The molecular weight excluding hydrogens is 644 g/mol. The number of hydrogen-bond acceptors (Lipinski definition) is 11. The number of carboxylic acid groups (broad SMARTS) is 1. The molecule has 2 fully saturated rings. The van der Waals surface area contributed by atoms with Gasteiger partial charge in [-0.25, -0.2) is 0 Å². The van der Waals surface area contributed by atoms with Gasteiger partial charge < -0.3 is 40.5 Å². The fourth-order valence-corrected chi connectivity index (χ4v) is 6.76. The molecule has 2 heterocycles. The standard InChI is InChI=1S/2C19H29NO5/c1-19(2,18(24)25-3)11-14-16(22)17(23)15(21)12-20(14)10-9-13-7-5-4-6-8-13;1-19(2,18(24)25)10-8-14-16(22)17(23)15(21)12-20(14)11-9-13-6-4-3-5-7-13/h4-8,14-17,21-23H,9-12H2,1-3H3;3-7,14-17,21-23H,8-12H2,1-2H3,(H,24,25)/t2*14-,15+,16-,17-/m11/s1. The number of likely N-dealkylation sites (tertiary alicyclic amines) is 2. The van der Waals surface area contributed by atoms with Gasteiger partial charge >= 0.3 is 11.9 Å². The second-order valence-corrected chi connectivity index (χ2v) is 15.0. The number of hydrogen-bond donors (Lipinski definition) is 7. The van der Waals surface area contributed by atoms with Crippen molar-refractivity contribution in [2.75, 3.05) is 33.3 Å². The molecule has 2 aromatic carbocycles. The van der Waals surface area contributed by atoms with Gasteiger partial charge in [-0.2, -0.15) is 0 Å². The van der Waals surface area contributed by atoms with Crippen LogP contribution in [0.1, 0.15) is 58.1 Å². The van der Waals surface area contributed by atoms with Crippen molar-refractivity contribution in [2.24, 2.45) is 10.8 Å². The first-order valence-electron chi connectivity index (χ1n) is 17.4. The number of piperidine rings is 2. The van der Waals surface area contributed by atoms with Crippen LogP contribution >= 0.6 is 0 Å². The van der Waals surface area contributed by atoms with Gasteiger partial charge in [-0.1, -0.05) is 60.7 Å². The lowest BCUT2D eigenvalue weighted by molar-refractivity contribution is -0.160. The molecule has 7 N–H and O–H groups in total. The Morgan fingerprint density at radius 1 is 0.680 bits per heavy atom. The summed E-state index contributed by atoms with van der Waals surface area (Å²) in [6, 6.07) is 19.1. The van der Waals surface area contributed by atoms with Crippen LogP contribution in [0.2, 0.25) is 0 Å². The maximum absolute atomic E-state index is 12.0. The fourth-order valence-electron chi connectivity index (χ4n) is 6.76. The van der Waals surface area contributed by atoms with Crippen molar-refractivity contribution in [3.8, 4) is 0 Å². The molecule has 0 radical (unpaired) electrons. The summed E-state index contributed by atoms with van der Waals surface area (Å²) >= 11 is 0. The maximum atomic E-state index is 12.0. The van der Waals surface area contributed by atoms with Crippen LogP contribution in [-0.4, -0.2) is 139 Å². The number of ether oxygens (including phenoxy) is 1. The molecule has 50 heavy (non-hydrogen) atoms. The molecule has 0 amide bonds. The summed E-state index contributed by atoms with van der Waals surface area (Å²) in [6.07, 6.45) is -3.98. The average molecular weight is 703 g/mol. The number of rotatable bonds is 13. The zero-order valence-electron chi connectivity index (χ0n) is 30.0. The van der Waals surface area contributed by atoms with E-state index in [9.17, 15) is 45.3 Å². The predicted molar refractivity (Wildman–Crippen MR) is 188 cm³/mol. The zero-order valence-corrected chi connectivity index (χ0v) is 30.0. The summed E-state index contributed by atoms with van der Waals surface area (Å²) in [5, 5.41) is 70.3. The minimum Gasteiger partial charge on any atom is -0.481 e. The quantitative estimate of drug-likeness (QED) is 0.149. The number of nitrogens with zero attached hydrogens (tertiary/aromatic N) is 2. The van der Waals surface area contributed by atoms with Gasteiger partial charge in [-0.15, -0.1) is 0 Å². The number of aliphatic carboxylic acids is 1. The van der Waals surface area contributed by atoms with Gasteiger partial charge in [0.1, 0.15) is 12.2 Å². The van der Waals surface area contributed by atoms with Gasteiger partial charge in [-0.3, -0.25) is 19.4 Å². The monoisotopic (exact) mass is 702 g/mol. The molecule has 0 spiro atoms. The third-order valence-corrected chi connectivity index (χ3v) is 10.2. The van der Waals surface area contributed by atoms with Crippen molar-refractivity contribution in [2.45, 2.75) is 109 Å². The lowest BCUT2D eigenvalue weighted by atomic mass is 9.80. The Labute approximate surface area is 295 Å². The molecule has 2 aliphatic rings. The Balaban J connectivity index is 0.000000270. The SMILES string of the molecule is CC(C)(CC[C@@H]1[C@@H](O)[C@H](O)[C@@H](O)CN1CCc1ccccc1)C(=O)O.COC(=O)C(C)(C)C[C@@H]1[C@@H](O)[C@H](O)[C@@H](O)CN1CCc1ccccc1. The van der Waals surface area contributed by atoms with Gasteiger partial charge in [0, 0.05) is 38.3 Å². The number of aliphatic hydroxyl groups is 6. The minimum atomic E-state index is -1.22. The highest BCUT2D eigenvalue weighted by molar-refractivity contribution is 5.75. The first-order chi connectivity index (χ1) is 23.5. The van der Waals surface area contributed by atoms with Crippen LogP contribution in [0.4, 0.5) is 0 Å². The van der Waals surface area contributed by atoms with Gasteiger partial charge in [0.15, 0.2) is 0 Å². The van der Waals surface area contributed by atoms with Crippen LogP contribution in [0.15, 0.2) is 60.7 Å². The van der Waals surface area contributed by atoms with Gasteiger partial charge in [0.25, 0.3) is 0 Å². The van der Waals surface area contributed by atoms with Crippen LogP contribution in [-0.2, 0) is 27.2 Å².